The summed E-state index contributed by atoms with van der Waals surface area (Å²) in [4.78, 5) is 28.0. The number of rotatable bonds is 6. The second-order valence-corrected chi connectivity index (χ2v) is 9.09. The Morgan fingerprint density at radius 1 is 0.912 bits per heavy atom. The van der Waals surface area contributed by atoms with Crippen LogP contribution in [0.3, 0.4) is 0 Å². The van der Waals surface area contributed by atoms with Crippen molar-refractivity contribution in [2.45, 2.75) is 26.3 Å². The van der Waals surface area contributed by atoms with E-state index >= 15 is 0 Å². The lowest BCUT2D eigenvalue weighted by Gasteiger charge is -2.33. The van der Waals surface area contributed by atoms with E-state index < -0.39 is 6.03 Å². The van der Waals surface area contributed by atoms with E-state index in [-0.39, 0.29) is 5.91 Å². The van der Waals surface area contributed by atoms with E-state index in [1.54, 1.807) is 30.3 Å². The normalized spacial score (nSPS) is 13.9. The molecule has 4 rings (SSSR count). The number of benzene rings is 3. The minimum atomic E-state index is -0.391. The standard InChI is InChI=1S/C27H29ClN4O2/c1-19-13-15-32(16-14-19)25-12-11-23(31-27(34)30-22-9-7-21(28)8-10-22)17-24(25)26(33)29-18-20-5-3-2-4-6-20/h2-12,17,19H,13-16,18H2,1H3,(H,29,33)(H2,30,31,34). The fourth-order valence-corrected chi connectivity index (χ4v) is 4.15. The van der Waals surface area contributed by atoms with Gasteiger partial charge in [0, 0.05) is 41.7 Å². The molecule has 0 aromatic heterocycles. The summed E-state index contributed by atoms with van der Waals surface area (Å²) in [7, 11) is 0. The third kappa shape index (κ3) is 6.29. The molecule has 1 aliphatic rings. The van der Waals surface area contributed by atoms with Gasteiger partial charge in [0.15, 0.2) is 0 Å². The van der Waals surface area contributed by atoms with E-state index in [1.165, 1.54) is 0 Å². The fraction of sp³-hybridized carbons (Fsp3) is 0.259. The van der Waals surface area contributed by atoms with Crippen LogP contribution in [-0.4, -0.2) is 25.0 Å². The maximum Gasteiger partial charge on any atom is 0.323 e. The van der Waals surface area contributed by atoms with Gasteiger partial charge < -0.3 is 20.9 Å². The molecule has 7 heteroatoms. The smallest absolute Gasteiger partial charge is 0.323 e. The summed E-state index contributed by atoms with van der Waals surface area (Å²) in [5.41, 5.74) is 3.64. The first-order valence-electron chi connectivity index (χ1n) is 11.5. The highest BCUT2D eigenvalue weighted by molar-refractivity contribution is 6.30. The maximum absolute atomic E-state index is 13.2. The lowest BCUT2D eigenvalue weighted by molar-refractivity contribution is 0.0951. The molecule has 0 spiro atoms. The summed E-state index contributed by atoms with van der Waals surface area (Å²) >= 11 is 5.91. The average molecular weight is 477 g/mol. The molecule has 1 fully saturated rings. The Kier molecular flexibility index (Phi) is 7.70. The Bertz CT molecular complexity index is 1130. The van der Waals surface area contributed by atoms with E-state index in [2.05, 4.69) is 27.8 Å². The molecule has 0 saturated carbocycles. The third-order valence-electron chi connectivity index (χ3n) is 6.02. The summed E-state index contributed by atoms with van der Waals surface area (Å²) in [5.74, 6) is 0.517. The van der Waals surface area contributed by atoms with Crippen molar-refractivity contribution >= 4 is 40.6 Å². The number of piperidine rings is 1. The zero-order valence-electron chi connectivity index (χ0n) is 19.2. The summed E-state index contributed by atoms with van der Waals surface area (Å²) in [6.45, 7) is 4.51. The molecule has 1 saturated heterocycles. The lowest BCUT2D eigenvalue weighted by Crippen LogP contribution is -2.35. The van der Waals surface area contributed by atoms with Gasteiger partial charge in [-0.25, -0.2) is 4.79 Å². The quantitative estimate of drug-likeness (QED) is 0.399. The molecule has 3 aromatic carbocycles. The summed E-state index contributed by atoms with van der Waals surface area (Å²) in [5, 5.41) is 9.23. The molecule has 1 heterocycles. The Labute approximate surface area is 205 Å². The van der Waals surface area contributed by atoms with Gasteiger partial charge in [-0.15, -0.1) is 0 Å². The molecule has 0 radical (unpaired) electrons. The van der Waals surface area contributed by atoms with Crippen LogP contribution in [-0.2, 0) is 6.54 Å². The van der Waals surface area contributed by atoms with Gasteiger partial charge in [-0.1, -0.05) is 48.9 Å². The number of hydrogen-bond acceptors (Lipinski definition) is 3. The highest BCUT2D eigenvalue weighted by atomic mass is 35.5. The van der Waals surface area contributed by atoms with Crippen LogP contribution in [0.4, 0.5) is 21.9 Å². The first-order valence-corrected chi connectivity index (χ1v) is 11.9. The third-order valence-corrected chi connectivity index (χ3v) is 6.27. The monoisotopic (exact) mass is 476 g/mol. The van der Waals surface area contributed by atoms with Crippen LogP contribution in [0.25, 0.3) is 0 Å². The van der Waals surface area contributed by atoms with Gasteiger partial charge in [0.25, 0.3) is 5.91 Å². The minimum absolute atomic E-state index is 0.167. The summed E-state index contributed by atoms with van der Waals surface area (Å²) in [6.07, 6.45) is 2.18. The molecule has 1 aliphatic heterocycles. The van der Waals surface area contributed by atoms with Gasteiger partial charge in [-0.3, -0.25) is 4.79 Å². The van der Waals surface area contributed by atoms with Crippen molar-refractivity contribution < 1.29 is 9.59 Å². The van der Waals surface area contributed by atoms with Gasteiger partial charge >= 0.3 is 6.03 Å². The van der Waals surface area contributed by atoms with Crippen molar-refractivity contribution in [3.63, 3.8) is 0 Å². The molecule has 0 aliphatic carbocycles. The number of hydrogen-bond donors (Lipinski definition) is 3. The SMILES string of the molecule is CC1CCN(c2ccc(NC(=O)Nc3ccc(Cl)cc3)cc2C(=O)NCc2ccccc2)CC1. The van der Waals surface area contributed by atoms with Gasteiger partial charge in [0.05, 0.1) is 5.56 Å². The molecule has 0 atom stereocenters. The van der Waals surface area contributed by atoms with Crippen LogP contribution in [0.5, 0.6) is 0 Å². The predicted octanol–water partition coefficient (Wildman–Crippen LogP) is 6.15. The largest absolute Gasteiger partial charge is 0.371 e. The van der Waals surface area contributed by atoms with Gasteiger partial charge in [0.1, 0.15) is 0 Å². The van der Waals surface area contributed by atoms with Crippen molar-refractivity contribution in [2.75, 3.05) is 28.6 Å². The van der Waals surface area contributed by atoms with Crippen molar-refractivity contribution in [1.29, 1.82) is 0 Å². The molecule has 34 heavy (non-hydrogen) atoms. The summed E-state index contributed by atoms with van der Waals surface area (Å²) < 4.78 is 0. The molecular weight excluding hydrogens is 448 g/mol. The highest BCUT2D eigenvalue weighted by Crippen LogP contribution is 2.29. The van der Waals surface area contributed by atoms with Crippen LogP contribution in [0.2, 0.25) is 5.02 Å². The van der Waals surface area contributed by atoms with Gasteiger partial charge in [-0.2, -0.15) is 0 Å². The van der Waals surface area contributed by atoms with E-state index in [1.807, 2.05) is 42.5 Å². The van der Waals surface area contributed by atoms with E-state index in [0.29, 0.717) is 34.4 Å². The van der Waals surface area contributed by atoms with Gasteiger partial charge in [0.2, 0.25) is 0 Å². The van der Waals surface area contributed by atoms with E-state index in [4.69, 9.17) is 11.6 Å². The Morgan fingerprint density at radius 2 is 1.56 bits per heavy atom. The van der Waals surface area contributed by atoms with Crippen LogP contribution < -0.4 is 20.9 Å². The Morgan fingerprint density at radius 3 is 2.26 bits per heavy atom. The van der Waals surface area contributed by atoms with E-state index in [9.17, 15) is 9.59 Å². The molecule has 3 aromatic rings. The number of carbonyl (C=O) groups excluding carboxylic acids is 2. The number of nitrogens with one attached hydrogen (secondary N) is 3. The van der Waals surface area contributed by atoms with Crippen molar-refractivity contribution in [3.8, 4) is 0 Å². The molecule has 0 bridgehead atoms. The van der Waals surface area contributed by atoms with Crippen LogP contribution in [0.15, 0.2) is 72.8 Å². The van der Waals surface area contributed by atoms with Crippen LogP contribution >= 0.6 is 11.6 Å². The average Bonchev–Trinajstić information content (AvgIpc) is 2.85. The second-order valence-electron chi connectivity index (χ2n) is 8.66. The zero-order valence-corrected chi connectivity index (χ0v) is 19.9. The molecule has 3 N–H and O–H groups in total. The highest BCUT2D eigenvalue weighted by Gasteiger charge is 2.22. The molecule has 3 amide bonds. The topological polar surface area (TPSA) is 73.5 Å². The van der Waals surface area contributed by atoms with Gasteiger partial charge in [-0.05, 0) is 66.8 Å². The summed E-state index contributed by atoms with van der Waals surface area (Å²) in [6, 6.07) is 21.8. The molecule has 6 nitrogen and oxygen atoms in total. The lowest BCUT2D eigenvalue weighted by atomic mass is 9.97. The molecule has 0 unspecified atom stereocenters. The number of anilines is 3. The fourth-order valence-electron chi connectivity index (χ4n) is 4.02. The Hall–Kier alpha value is -3.51. The van der Waals surface area contributed by atoms with Crippen molar-refractivity contribution in [2.24, 2.45) is 5.92 Å². The number of urea groups is 1. The number of amides is 3. The first-order chi connectivity index (χ1) is 16.5. The predicted molar refractivity (Wildman–Crippen MR) is 139 cm³/mol. The van der Waals surface area contributed by atoms with Crippen molar-refractivity contribution in [3.05, 3.63) is 88.9 Å². The number of nitrogens with zero attached hydrogens (tertiary/aromatic N) is 1. The number of carbonyl (C=O) groups is 2. The van der Waals surface area contributed by atoms with Crippen LogP contribution in [0.1, 0.15) is 35.7 Å². The van der Waals surface area contributed by atoms with Crippen LogP contribution in [0, 0.1) is 5.92 Å². The second kappa shape index (κ2) is 11.1. The maximum atomic E-state index is 13.2. The van der Waals surface area contributed by atoms with Crippen molar-refractivity contribution in [1.82, 2.24) is 5.32 Å². The van der Waals surface area contributed by atoms with E-state index in [0.717, 1.165) is 37.2 Å². The minimum Gasteiger partial charge on any atom is -0.371 e. The number of halogens is 1. The first kappa shape index (κ1) is 23.6. The zero-order chi connectivity index (χ0) is 23.9. The Balaban J connectivity index is 1.51. The molecule has 176 valence electrons. The molecular formula is C27H29ClN4O2.